The Morgan fingerprint density at radius 1 is 1.30 bits per heavy atom. The predicted octanol–water partition coefficient (Wildman–Crippen LogP) is 1.80. The maximum absolute atomic E-state index is 5.04. The maximum atomic E-state index is 5.04. The molecule has 0 aliphatic carbocycles. The molecule has 0 spiro atoms. The number of thiazole rings is 1. The minimum Gasteiger partial charge on any atom is -0.443 e. The Labute approximate surface area is 61.4 Å². The Bertz CT molecular complexity index is 255. The molecule has 0 aromatic carbocycles. The fourth-order valence-electron chi connectivity index (χ4n) is 0.675. The van der Waals surface area contributed by atoms with Gasteiger partial charge in [-0.3, -0.25) is 4.98 Å². The monoisotopic (exact) mass is 152 g/mol. The Hall–Kier alpha value is -1.16. The first-order valence-corrected chi connectivity index (χ1v) is 3.62. The van der Waals surface area contributed by atoms with Crippen LogP contribution in [0.3, 0.4) is 0 Å². The SMILES string of the molecule is c1ncc(-c2cncs2)o1. The minimum atomic E-state index is 0.780. The van der Waals surface area contributed by atoms with Crippen molar-refractivity contribution >= 4 is 11.3 Å². The zero-order valence-corrected chi connectivity index (χ0v) is 5.84. The van der Waals surface area contributed by atoms with Crippen molar-refractivity contribution < 1.29 is 4.42 Å². The molecule has 3 nitrogen and oxygen atoms in total. The van der Waals surface area contributed by atoms with Crippen LogP contribution in [0.2, 0.25) is 0 Å². The van der Waals surface area contributed by atoms with Crippen LogP contribution >= 0.6 is 11.3 Å². The molecule has 0 saturated carbocycles. The summed E-state index contributed by atoms with van der Waals surface area (Å²) in [6.45, 7) is 0. The quantitative estimate of drug-likeness (QED) is 0.625. The molecule has 50 valence electrons. The highest BCUT2D eigenvalue weighted by atomic mass is 32.1. The van der Waals surface area contributed by atoms with Crippen LogP contribution in [0.25, 0.3) is 10.6 Å². The van der Waals surface area contributed by atoms with Gasteiger partial charge in [-0.2, -0.15) is 0 Å². The molecule has 0 aliphatic heterocycles. The summed E-state index contributed by atoms with van der Waals surface area (Å²) < 4.78 is 5.04. The average Bonchev–Trinajstić information content (AvgIpc) is 2.59. The fourth-order valence-corrected chi connectivity index (χ4v) is 1.25. The third-order valence-electron chi connectivity index (χ3n) is 1.11. The number of oxazole rings is 1. The molecule has 0 atom stereocenters. The summed E-state index contributed by atoms with van der Waals surface area (Å²) in [7, 11) is 0. The third-order valence-corrected chi connectivity index (χ3v) is 1.90. The van der Waals surface area contributed by atoms with Gasteiger partial charge in [-0.25, -0.2) is 4.98 Å². The number of hydrogen-bond acceptors (Lipinski definition) is 4. The standard InChI is InChI=1S/C6H4N2OS/c1-5(9-3-7-1)6-2-8-4-10-6/h1-4H. The van der Waals surface area contributed by atoms with E-state index in [0.29, 0.717) is 0 Å². The van der Waals surface area contributed by atoms with Crippen LogP contribution < -0.4 is 0 Å². The Kier molecular flexibility index (Phi) is 1.25. The highest BCUT2D eigenvalue weighted by Crippen LogP contribution is 2.21. The molecule has 0 unspecified atom stereocenters. The summed E-state index contributed by atoms with van der Waals surface area (Å²) in [5.41, 5.74) is 1.76. The summed E-state index contributed by atoms with van der Waals surface area (Å²) in [5, 5.41) is 0. The third kappa shape index (κ3) is 0.823. The van der Waals surface area contributed by atoms with Gasteiger partial charge >= 0.3 is 0 Å². The lowest BCUT2D eigenvalue weighted by molar-refractivity contribution is 0.573. The van der Waals surface area contributed by atoms with Gasteiger partial charge in [0.05, 0.1) is 16.6 Å². The molecule has 0 N–H and O–H groups in total. The van der Waals surface area contributed by atoms with E-state index >= 15 is 0 Å². The van der Waals surface area contributed by atoms with Crippen LogP contribution in [0.5, 0.6) is 0 Å². The molecule has 2 heterocycles. The van der Waals surface area contributed by atoms with Crippen molar-refractivity contribution in [3.05, 3.63) is 24.3 Å². The first-order valence-electron chi connectivity index (χ1n) is 2.74. The highest BCUT2D eigenvalue weighted by Gasteiger charge is 2.00. The minimum absolute atomic E-state index is 0.780. The average molecular weight is 152 g/mol. The van der Waals surface area contributed by atoms with Gasteiger partial charge in [-0.15, -0.1) is 11.3 Å². The summed E-state index contributed by atoms with van der Waals surface area (Å²) in [4.78, 5) is 8.71. The van der Waals surface area contributed by atoms with Gasteiger partial charge in [0.25, 0.3) is 0 Å². The molecule has 2 aromatic rings. The predicted molar refractivity (Wildman–Crippen MR) is 37.6 cm³/mol. The van der Waals surface area contributed by atoms with Gasteiger partial charge < -0.3 is 4.42 Å². The van der Waals surface area contributed by atoms with Gasteiger partial charge in [0.2, 0.25) is 0 Å². The van der Waals surface area contributed by atoms with E-state index in [1.807, 2.05) is 0 Å². The maximum Gasteiger partial charge on any atom is 0.181 e. The van der Waals surface area contributed by atoms with Crippen LogP contribution in [-0.2, 0) is 0 Å². The molecular weight excluding hydrogens is 148 g/mol. The van der Waals surface area contributed by atoms with Gasteiger partial charge in [-0.1, -0.05) is 0 Å². The number of rotatable bonds is 1. The second-order valence-corrected chi connectivity index (χ2v) is 2.62. The molecule has 2 rings (SSSR count). The second kappa shape index (κ2) is 2.22. The molecule has 0 saturated heterocycles. The van der Waals surface area contributed by atoms with E-state index in [-0.39, 0.29) is 0 Å². The van der Waals surface area contributed by atoms with Crippen molar-refractivity contribution in [2.75, 3.05) is 0 Å². The number of hydrogen-bond donors (Lipinski definition) is 0. The molecule has 0 fully saturated rings. The van der Waals surface area contributed by atoms with E-state index in [9.17, 15) is 0 Å². The molecule has 0 amide bonds. The van der Waals surface area contributed by atoms with Crippen molar-refractivity contribution in [3.63, 3.8) is 0 Å². The van der Waals surface area contributed by atoms with Gasteiger partial charge in [0.15, 0.2) is 12.2 Å². The Morgan fingerprint density at radius 2 is 2.30 bits per heavy atom. The first-order chi connectivity index (χ1) is 4.97. The lowest BCUT2D eigenvalue weighted by atomic mass is 10.4. The molecular formula is C6H4N2OS. The zero-order valence-electron chi connectivity index (χ0n) is 5.02. The molecule has 0 bridgehead atoms. The topological polar surface area (TPSA) is 38.9 Å². The zero-order chi connectivity index (χ0) is 6.81. The summed E-state index contributed by atoms with van der Waals surface area (Å²) in [6.07, 6.45) is 4.84. The highest BCUT2D eigenvalue weighted by molar-refractivity contribution is 7.13. The van der Waals surface area contributed by atoms with E-state index in [1.54, 1.807) is 17.9 Å². The molecule has 2 aromatic heterocycles. The largest absolute Gasteiger partial charge is 0.443 e. The van der Waals surface area contributed by atoms with E-state index in [4.69, 9.17) is 4.42 Å². The number of nitrogens with zero attached hydrogens (tertiary/aromatic N) is 2. The van der Waals surface area contributed by atoms with Gasteiger partial charge in [0.1, 0.15) is 0 Å². The van der Waals surface area contributed by atoms with Crippen molar-refractivity contribution in [2.45, 2.75) is 0 Å². The van der Waals surface area contributed by atoms with Crippen molar-refractivity contribution in [1.82, 2.24) is 9.97 Å². The van der Waals surface area contributed by atoms with E-state index in [2.05, 4.69) is 9.97 Å². The van der Waals surface area contributed by atoms with E-state index in [0.717, 1.165) is 10.6 Å². The van der Waals surface area contributed by atoms with Crippen LogP contribution in [0.15, 0.2) is 28.7 Å². The molecule has 4 heteroatoms. The Morgan fingerprint density at radius 3 is 2.90 bits per heavy atom. The normalized spacial score (nSPS) is 10.0. The van der Waals surface area contributed by atoms with Gasteiger partial charge in [0, 0.05) is 6.20 Å². The van der Waals surface area contributed by atoms with Crippen molar-refractivity contribution in [2.24, 2.45) is 0 Å². The van der Waals surface area contributed by atoms with Crippen LogP contribution in [0, 0.1) is 0 Å². The van der Waals surface area contributed by atoms with Crippen LogP contribution in [0.1, 0.15) is 0 Å². The molecule has 0 aliphatic rings. The summed E-state index contributed by atoms with van der Waals surface area (Å²) >= 11 is 1.54. The van der Waals surface area contributed by atoms with Gasteiger partial charge in [-0.05, 0) is 0 Å². The van der Waals surface area contributed by atoms with Crippen LogP contribution in [-0.4, -0.2) is 9.97 Å². The Balaban J connectivity index is 2.48. The van der Waals surface area contributed by atoms with E-state index < -0.39 is 0 Å². The molecule has 10 heavy (non-hydrogen) atoms. The van der Waals surface area contributed by atoms with E-state index in [1.165, 1.54) is 17.7 Å². The van der Waals surface area contributed by atoms with Crippen molar-refractivity contribution in [3.8, 4) is 10.6 Å². The number of aromatic nitrogens is 2. The summed E-state index contributed by atoms with van der Waals surface area (Å²) in [5.74, 6) is 0.780. The lowest BCUT2D eigenvalue weighted by Gasteiger charge is -1.81. The fraction of sp³-hybridized carbons (Fsp3) is 0. The van der Waals surface area contributed by atoms with Crippen molar-refractivity contribution in [1.29, 1.82) is 0 Å². The lowest BCUT2D eigenvalue weighted by Crippen LogP contribution is -1.61. The van der Waals surface area contributed by atoms with Crippen LogP contribution in [0.4, 0.5) is 0 Å². The second-order valence-electron chi connectivity index (χ2n) is 1.73. The first kappa shape index (κ1) is 5.61. The smallest absolute Gasteiger partial charge is 0.181 e. The summed E-state index contributed by atoms with van der Waals surface area (Å²) in [6, 6.07) is 0. The molecule has 0 radical (unpaired) electrons.